The molecule has 3 rings (SSSR count). The number of benzene rings is 2. The van der Waals surface area contributed by atoms with E-state index in [4.69, 9.17) is 4.74 Å². The lowest BCUT2D eigenvalue weighted by Gasteiger charge is -2.44. The van der Waals surface area contributed by atoms with Gasteiger partial charge in [-0.25, -0.2) is 8.78 Å². The summed E-state index contributed by atoms with van der Waals surface area (Å²) in [6.07, 6.45) is 0. The largest absolute Gasteiger partial charge is 0.383 e. The Hall–Kier alpha value is -1.82. The van der Waals surface area contributed by atoms with E-state index in [0.717, 1.165) is 24.2 Å². The van der Waals surface area contributed by atoms with Crippen LogP contribution < -0.4 is 5.32 Å². The monoisotopic (exact) mass is 346 g/mol. The first-order valence-corrected chi connectivity index (χ1v) is 8.57. The van der Waals surface area contributed by atoms with Gasteiger partial charge in [0.15, 0.2) is 0 Å². The van der Waals surface area contributed by atoms with E-state index >= 15 is 0 Å². The fraction of sp³-hybridized carbons (Fsp3) is 0.400. The van der Waals surface area contributed by atoms with Crippen molar-refractivity contribution < 1.29 is 13.5 Å². The van der Waals surface area contributed by atoms with Crippen molar-refractivity contribution >= 4 is 0 Å². The Morgan fingerprint density at radius 3 is 2.04 bits per heavy atom. The number of hydrogen-bond donors (Lipinski definition) is 1. The Morgan fingerprint density at radius 1 is 1.04 bits per heavy atom. The highest BCUT2D eigenvalue weighted by atomic mass is 19.1. The molecule has 25 heavy (non-hydrogen) atoms. The molecule has 3 nitrogen and oxygen atoms in total. The van der Waals surface area contributed by atoms with Gasteiger partial charge in [0.1, 0.15) is 11.6 Å². The van der Waals surface area contributed by atoms with Gasteiger partial charge in [0.2, 0.25) is 0 Å². The standard InChI is InChI=1S/C20H24F2N2O/c1-14-12-24(19(11-23-14)13-25-2)20(15-3-7-17(21)8-4-15)16-5-9-18(22)10-6-16/h3-10,14,19-20,23H,11-13H2,1-2H3/t14-,19-/m0/s1. The molecule has 1 saturated heterocycles. The third-order valence-electron chi connectivity index (χ3n) is 4.72. The average Bonchev–Trinajstić information content (AvgIpc) is 2.61. The average molecular weight is 346 g/mol. The van der Waals surface area contributed by atoms with E-state index in [1.165, 1.54) is 24.3 Å². The highest BCUT2D eigenvalue weighted by Gasteiger charge is 2.33. The fourth-order valence-corrected chi connectivity index (χ4v) is 3.51. The van der Waals surface area contributed by atoms with Crippen LogP contribution in [-0.2, 0) is 4.74 Å². The summed E-state index contributed by atoms with van der Waals surface area (Å²) in [6.45, 7) is 4.38. The molecule has 0 bridgehead atoms. The summed E-state index contributed by atoms with van der Waals surface area (Å²) in [6, 6.07) is 13.6. The maximum absolute atomic E-state index is 13.4. The SMILES string of the molecule is COC[C@@H]1CN[C@@H](C)CN1C(c1ccc(F)cc1)c1ccc(F)cc1. The third-order valence-corrected chi connectivity index (χ3v) is 4.72. The fourth-order valence-electron chi connectivity index (χ4n) is 3.51. The first kappa shape index (κ1) is 18.0. The molecule has 0 aliphatic carbocycles. The van der Waals surface area contributed by atoms with Crippen molar-refractivity contribution in [3.05, 3.63) is 71.3 Å². The maximum Gasteiger partial charge on any atom is 0.123 e. The van der Waals surface area contributed by atoms with Gasteiger partial charge in [-0.15, -0.1) is 0 Å². The van der Waals surface area contributed by atoms with Crippen LogP contribution in [0.2, 0.25) is 0 Å². The van der Waals surface area contributed by atoms with Crippen molar-refractivity contribution in [1.29, 1.82) is 0 Å². The number of piperazine rings is 1. The summed E-state index contributed by atoms with van der Waals surface area (Å²) in [4.78, 5) is 2.37. The van der Waals surface area contributed by atoms with Gasteiger partial charge in [-0.05, 0) is 42.3 Å². The van der Waals surface area contributed by atoms with Crippen molar-refractivity contribution in [2.24, 2.45) is 0 Å². The van der Waals surface area contributed by atoms with Gasteiger partial charge >= 0.3 is 0 Å². The second-order valence-corrected chi connectivity index (χ2v) is 6.62. The van der Waals surface area contributed by atoms with Crippen molar-refractivity contribution in [3.63, 3.8) is 0 Å². The van der Waals surface area contributed by atoms with Crippen molar-refractivity contribution in [1.82, 2.24) is 10.2 Å². The second-order valence-electron chi connectivity index (χ2n) is 6.62. The van der Waals surface area contributed by atoms with Crippen molar-refractivity contribution in [2.45, 2.75) is 25.0 Å². The van der Waals surface area contributed by atoms with E-state index in [1.807, 2.05) is 0 Å². The summed E-state index contributed by atoms with van der Waals surface area (Å²) in [5.74, 6) is -0.521. The Bertz CT molecular complexity index is 630. The number of ether oxygens (including phenoxy) is 1. The highest BCUT2D eigenvalue weighted by Crippen LogP contribution is 2.32. The Morgan fingerprint density at radius 2 is 1.56 bits per heavy atom. The maximum atomic E-state index is 13.4. The van der Waals surface area contributed by atoms with Gasteiger partial charge in [0.25, 0.3) is 0 Å². The molecule has 0 saturated carbocycles. The molecule has 2 aromatic carbocycles. The molecule has 0 aromatic heterocycles. The van der Waals surface area contributed by atoms with Crippen LogP contribution in [0.4, 0.5) is 8.78 Å². The zero-order valence-electron chi connectivity index (χ0n) is 14.6. The molecule has 0 amide bonds. The molecule has 2 aromatic rings. The summed E-state index contributed by atoms with van der Waals surface area (Å²) in [5, 5.41) is 3.48. The van der Waals surface area contributed by atoms with Gasteiger partial charge in [-0.2, -0.15) is 0 Å². The van der Waals surface area contributed by atoms with Gasteiger partial charge < -0.3 is 10.1 Å². The van der Waals surface area contributed by atoms with Crippen LogP contribution in [0.25, 0.3) is 0 Å². The lowest BCUT2D eigenvalue weighted by atomic mass is 9.94. The van der Waals surface area contributed by atoms with E-state index < -0.39 is 0 Å². The summed E-state index contributed by atoms with van der Waals surface area (Å²) >= 11 is 0. The minimum atomic E-state index is -0.260. The van der Waals surface area contributed by atoms with Crippen LogP contribution in [0, 0.1) is 11.6 Å². The smallest absolute Gasteiger partial charge is 0.123 e. The van der Waals surface area contributed by atoms with E-state index in [1.54, 1.807) is 31.4 Å². The summed E-state index contributed by atoms with van der Waals surface area (Å²) in [7, 11) is 1.70. The molecule has 0 spiro atoms. The number of methoxy groups -OCH3 is 1. The lowest BCUT2D eigenvalue weighted by molar-refractivity contribution is 0.0417. The topological polar surface area (TPSA) is 24.5 Å². The molecular formula is C20H24F2N2O. The minimum absolute atomic E-state index is 0.0779. The van der Waals surface area contributed by atoms with E-state index in [0.29, 0.717) is 12.6 Å². The van der Waals surface area contributed by atoms with Crippen molar-refractivity contribution in [2.75, 3.05) is 26.8 Å². The number of rotatable bonds is 5. The van der Waals surface area contributed by atoms with Gasteiger partial charge in [0, 0.05) is 32.3 Å². The Kier molecular flexibility index (Phi) is 5.78. The molecule has 1 fully saturated rings. The van der Waals surface area contributed by atoms with E-state index in [9.17, 15) is 8.78 Å². The second kappa shape index (κ2) is 8.04. The Balaban J connectivity index is 2.02. The molecule has 2 atom stereocenters. The molecule has 0 radical (unpaired) electrons. The highest BCUT2D eigenvalue weighted by molar-refractivity contribution is 5.33. The molecule has 0 unspecified atom stereocenters. The van der Waals surface area contributed by atoms with Crippen LogP contribution in [0.15, 0.2) is 48.5 Å². The first-order chi connectivity index (χ1) is 12.1. The molecule has 1 heterocycles. The molecule has 134 valence electrons. The molecular weight excluding hydrogens is 322 g/mol. The van der Waals surface area contributed by atoms with E-state index in [-0.39, 0.29) is 23.7 Å². The lowest BCUT2D eigenvalue weighted by Crippen LogP contribution is -2.58. The number of hydrogen-bond acceptors (Lipinski definition) is 3. The predicted octanol–water partition coefficient (Wildman–Crippen LogP) is 3.36. The molecule has 1 aliphatic rings. The van der Waals surface area contributed by atoms with Crippen LogP contribution in [0.3, 0.4) is 0 Å². The number of nitrogens with zero attached hydrogens (tertiary/aromatic N) is 1. The molecule has 1 N–H and O–H groups in total. The zero-order chi connectivity index (χ0) is 17.8. The molecule has 5 heteroatoms. The predicted molar refractivity (Wildman–Crippen MR) is 94.5 cm³/mol. The zero-order valence-corrected chi connectivity index (χ0v) is 14.6. The van der Waals surface area contributed by atoms with Gasteiger partial charge in [-0.3, -0.25) is 4.90 Å². The van der Waals surface area contributed by atoms with Gasteiger partial charge in [0.05, 0.1) is 12.6 Å². The summed E-state index contributed by atoms with van der Waals surface area (Å²) in [5.41, 5.74) is 1.98. The van der Waals surface area contributed by atoms with Gasteiger partial charge in [-0.1, -0.05) is 24.3 Å². The number of halogens is 2. The Labute approximate surface area is 147 Å². The first-order valence-electron chi connectivity index (χ1n) is 8.57. The number of nitrogens with one attached hydrogen (secondary N) is 1. The van der Waals surface area contributed by atoms with Crippen LogP contribution >= 0.6 is 0 Å². The minimum Gasteiger partial charge on any atom is -0.383 e. The normalized spacial score (nSPS) is 21.6. The van der Waals surface area contributed by atoms with Crippen molar-refractivity contribution in [3.8, 4) is 0 Å². The molecule has 1 aliphatic heterocycles. The summed E-state index contributed by atoms with van der Waals surface area (Å²) < 4.78 is 32.2. The third kappa shape index (κ3) is 4.24. The van der Waals surface area contributed by atoms with E-state index in [2.05, 4.69) is 17.1 Å². The van der Waals surface area contributed by atoms with Crippen LogP contribution in [0.1, 0.15) is 24.1 Å². The van der Waals surface area contributed by atoms with Crippen LogP contribution in [0.5, 0.6) is 0 Å². The quantitative estimate of drug-likeness (QED) is 0.898. The van der Waals surface area contributed by atoms with Crippen LogP contribution in [-0.4, -0.2) is 43.8 Å².